The van der Waals surface area contributed by atoms with Crippen LogP contribution in [-0.2, 0) is 0 Å². The zero-order valence-corrected chi connectivity index (χ0v) is 10.5. The molecule has 0 N–H and O–H groups in total. The molecule has 2 aromatic rings. The summed E-state index contributed by atoms with van der Waals surface area (Å²) in [4.78, 5) is 0. The van der Waals surface area contributed by atoms with Crippen LogP contribution in [0, 0.1) is 8.70 Å². The lowest BCUT2D eigenvalue weighted by molar-refractivity contribution is 0.343. The molecule has 0 spiro atoms. The number of halogens is 2. The summed E-state index contributed by atoms with van der Waals surface area (Å²) in [5, 5.41) is 0.876. The van der Waals surface area contributed by atoms with Crippen molar-refractivity contribution in [3.05, 3.63) is 26.9 Å². The second-order valence-electron chi connectivity index (χ2n) is 2.78. The molecule has 4 heteroatoms. The molecule has 0 amide bonds. The monoisotopic (exact) mass is 322 g/mol. The molecule has 0 atom stereocenters. The van der Waals surface area contributed by atoms with Gasteiger partial charge >= 0.3 is 0 Å². The minimum atomic E-state index is -0.215. The summed E-state index contributed by atoms with van der Waals surface area (Å²) < 4.78 is 20.6. The van der Waals surface area contributed by atoms with Gasteiger partial charge in [0.05, 0.1) is 6.61 Å². The van der Waals surface area contributed by atoms with E-state index in [1.807, 2.05) is 6.92 Å². The van der Waals surface area contributed by atoms with Crippen molar-refractivity contribution in [2.45, 2.75) is 6.92 Å². The molecule has 1 aromatic heterocycles. The lowest BCUT2D eigenvalue weighted by atomic mass is 10.2. The van der Waals surface area contributed by atoms with Crippen LogP contribution >= 0.6 is 33.9 Å². The smallest absolute Gasteiger partial charge is 0.151 e. The normalized spacial score (nSPS) is 10.8. The van der Waals surface area contributed by atoms with Gasteiger partial charge in [0.15, 0.2) is 5.75 Å². The summed E-state index contributed by atoms with van der Waals surface area (Å²) in [5.41, 5.74) is 0. The van der Waals surface area contributed by atoms with E-state index in [4.69, 9.17) is 4.74 Å². The number of benzene rings is 1. The summed E-state index contributed by atoms with van der Waals surface area (Å²) in [6, 6.07) is 4.80. The van der Waals surface area contributed by atoms with Crippen molar-refractivity contribution in [3.8, 4) is 5.75 Å². The highest BCUT2D eigenvalue weighted by molar-refractivity contribution is 14.1. The fourth-order valence-corrected chi connectivity index (χ4v) is 3.31. The number of hydrogen-bond donors (Lipinski definition) is 0. The van der Waals surface area contributed by atoms with Crippen LogP contribution in [0.2, 0.25) is 0 Å². The lowest BCUT2D eigenvalue weighted by Gasteiger charge is -2.01. The Bertz CT molecular complexity index is 466. The number of hydrogen-bond acceptors (Lipinski definition) is 2. The van der Waals surface area contributed by atoms with E-state index in [1.165, 1.54) is 12.1 Å². The van der Waals surface area contributed by atoms with Gasteiger partial charge in [-0.1, -0.05) is 0 Å². The van der Waals surface area contributed by atoms with Crippen molar-refractivity contribution in [2.24, 2.45) is 0 Å². The van der Waals surface area contributed by atoms with Gasteiger partial charge < -0.3 is 4.74 Å². The second-order valence-corrected chi connectivity index (χ2v) is 5.64. The zero-order chi connectivity index (χ0) is 10.1. The number of thiophene rings is 1. The average Bonchev–Trinajstić information content (AvgIpc) is 2.45. The zero-order valence-electron chi connectivity index (χ0n) is 7.51. The van der Waals surface area contributed by atoms with E-state index < -0.39 is 0 Å². The van der Waals surface area contributed by atoms with Gasteiger partial charge in [0.25, 0.3) is 0 Å². The molecule has 0 aliphatic carbocycles. The molecule has 0 bridgehead atoms. The van der Waals surface area contributed by atoms with Crippen LogP contribution in [0.4, 0.5) is 4.39 Å². The summed E-state index contributed by atoms with van der Waals surface area (Å²) in [5.74, 6) is 0.597. The van der Waals surface area contributed by atoms with E-state index >= 15 is 0 Å². The SMILES string of the molecule is CCOc1c(I)sc2ccc(F)cc12. The maximum atomic E-state index is 13.0. The summed E-state index contributed by atoms with van der Waals surface area (Å²) in [6.45, 7) is 2.54. The van der Waals surface area contributed by atoms with Crippen LogP contribution in [-0.4, -0.2) is 6.61 Å². The van der Waals surface area contributed by atoms with E-state index in [9.17, 15) is 4.39 Å². The number of ether oxygens (including phenoxy) is 1. The Kier molecular flexibility index (Phi) is 2.92. The maximum absolute atomic E-state index is 13.0. The summed E-state index contributed by atoms with van der Waals surface area (Å²) >= 11 is 3.84. The molecule has 1 heterocycles. The molecular weight excluding hydrogens is 314 g/mol. The third-order valence-corrected chi connectivity index (χ3v) is 3.94. The van der Waals surface area contributed by atoms with Crippen molar-refractivity contribution >= 4 is 44.0 Å². The molecule has 0 saturated heterocycles. The maximum Gasteiger partial charge on any atom is 0.151 e. The van der Waals surface area contributed by atoms with E-state index in [2.05, 4.69) is 22.6 Å². The van der Waals surface area contributed by atoms with Crippen LogP contribution < -0.4 is 4.74 Å². The highest BCUT2D eigenvalue weighted by Gasteiger charge is 2.11. The molecule has 0 radical (unpaired) electrons. The molecule has 0 unspecified atom stereocenters. The summed E-state index contributed by atoms with van der Waals surface area (Å²) in [6.07, 6.45) is 0. The summed E-state index contributed by atoms with van der Waals surface area (Å²) in [7, 11) is 0. The predicted molar refractivity (Wildman–Crippen MR) is 65.7 cm³/mol. The van der Waals surface area contributed by atoms with E-state index in [1.54, 1.807) is 17.4 Å². The molecule has 1 nitrogen and oxygen atoms in total. The van der Waals surface area contributed by atoms with Crippen molar-refractivity contribution in [3.63, 3.8) is 0 Å². The van der Waals surface area contributed by atoms with Gasteiger partial charge in [0, 0.05) is 10.1 Å². The highest BCUT2D eigenvalue weighted by atomic mass is 127. The van der Waals surface area contributed by atoms with Crippen molar-refractivity contribution in [2.75, 3.05) is 6.61 Å². The molecule has 74 valence electrons. The fourth-order valence-electron chi connectivity index (χ4n) is 1.30. The minimum Gasteiger partial charge on any atom is -0.491 e. The molecular formula is C10H8FIOS. The van der Waals surface area contributed by atoms with Gasteiger partial charge in [-0.3, -0.25) is 0 Å². The Hall–Kier alpha value is -0.360. The van der Waals surface area contributed by atoms with Gasteiger partial charge in [-0.15, -0.1) is 11.3 Å². The molecule has 1 aromatic carbocycles. The lowest BCUT2D eigenvalue weighted by Crippen LogP contribution is -1.91. The van der Waals surface area contributed by atoms with Gasteiger partial charge in [-0.2, -0.15) is 0 Å². The van der Waals surface area contributed by atoms with Gasteiger partial charge in [0.1, 0.15) is 8.70 Å². The van der Waals surface area contributed by atoms with E-state index in [0.717, 1.165) is 18.7 Å². The Morgan fingerprint density at radius 3 is 3.00 bits per heavy atom. The molecule has 2 rings (SSSR count). The Morgan fingerprint density at radius 1 is 1.50 bits per heavy atom. The predicted octanol–water partition coefficient (Wildman–Crippen LogP) is 4.04. The fraction of sp³-hybridized carbons (Fsp3) is 0.200. The minimum absolute atomic E-state index is 0.215. The second kappa shape index (κ2) is 4.02. The van der Waals surface area contributed by atoms with Crippen LogP contribution in [0.15, 0.2) is 18.2 Å². The average molecular weight is 322 g/mol. The van der Waals surface area contributed by atoms with Crippen molar-refractivity contribution < 1.29 is 9.13 Å². The molecule has 0 saturated carbocycles. The van der Waals surface area contributed by atoms with Crippen molar-refractivity contribution in [1.82, 2.24) is 0 Å². The Morgan fingerprint density at radius 2 is 2.29 bits per heavy atom. The molecule has 14 heavy (non-hydrogen) atoms. The largest absolute Gasteiger partial charge is 0.491 e. The first-order valence-corrected chi connectivity index (χ1v) is 6.12. The first-order valence-electron chi connectivity index (χ1n) is 4.22. The van der Waals surface area contributed by atoms with Crippen LogP contribution in [0.1, 0.15) is 6.92 Å². The standard InChI is InChI=1S/C10H8FIOS/c1-2-13-9-7-5-6(11)3-4-8(7)14-10(9)12/h3-5H,2H2,1H3. The first kappa shape index (κ1) is 10.2. The molecule has 0 aliphatic heterocycles. The van der Waals surface area contributed by atoms with Gasteiger partial charge in [-0.05, 0) is 47.7 Å². The number of rotatable bonds is 2. The van der Waals surface area contributed by atoms with Gasteiger partial charge in [0.2, 0.25) is 0 Å². The van der Waals surface area contributed by atoms with E-state index in [0.29, 0.717) is 6.61 Å². The van der Waals surface area contributed by atoms with Crippen LogP contribution in [0.3, 0.4) is 0 Å². The van der Waals surface area contributed by atoms with Gasteiger partial charge in [-0.25, -0.2) is 4.39 Å². The van der Waals surface area contributed by atoms with Crippen molar-refractivity contribution in [1.29, 1.82) is 0 Å². The van der Waals surface area contributed by atoms with E-state index in [-0.39, 0.29) is 5.82 Å². The number of fused-ring (bicyclic) bond motifs is 1. The third kappa shape index (κ3) is 1.72. The molecule has 0 fully saturated rings. The first-order chi connectivity index (χ1) is 6.72. The Labute approximate surface area is 99.0 Å². The highest BCUT2D eigenvalue weighted by Crippen LogP contribution is 2.38. The van der Waals surface area contributed by atoms with Crippen LogP contribution in [0.25, 0.3) is 10.1 Å². The Balaban J connectivity index is 2.66. The third-order valence-electron chi connectivity index (χ3n) is 1.85. The quantitative estimate of drug-likeness (QED) is 0.758. The molecule has 0 aliphatic rings. The topological polar surface area (TPSA) is 9.23 Å². The van der Waals surface area contributed by atoms with Crippen LogP contribution in [0.5, 0.6) is 5.75 Å².